The molecular formula is C18H20O4. The van der Waals surface area contributed by atoms with Crippen molar-refractivity contribution in [2.24, 2.45) is 0 Å². The predicted octanol–water partition coefficient (Wildman–Crippen LogP) is 3.83. The van der Waals surface area contributed by atoms with Gasteiger partial charge in [-0.15, -0.1) is 0 Å². The Balaban J connectivity index is 0.000000151. The van der Waals surface area contributed by atoms with Crippen molar-refractivity contribution >= 4 is 11.9 Å². The fourth-order valence-electron chi connectivity index (χ4n) is 3.50. The van der Waals surface area contributed by atoms with Crippen LogP contribution in [0.3, 0.4) is 0 Å². The van der Waals surface area contributed by atoms with Gasteiger partial charge in [0.1, 0.15) is 0 Å². The van der Waals surface area contributed by atoms with E-state index in [0.29, 0.717) is 24.0 Å². The lowest BCUT2D eigenvalue weighted by Gasteiger charge is -2.28. The van der Waals surface area contributed by atoms with Crippen LogP contribution in [-0.4, -0.2) is 22.2 Å². The average molecular weight is 300 g/mol. The maximum atomic E-state index is 10.7. The van der Waals surface area contributed by atoms with Gasteiger partial charge in [-0.1, -0.05) is 11.1 Å². The topological polar surface area (TPSA) is 74.6 Å². The molecule has 22 heavy (non-hydrogen) atoms. The minimum Gasteiger partial charge on any atom is -0.478 e. The monoisotopic (exact) mass is 300 g/mol. The van der Waals surface area contributed by atoms with Crippen molar-refractivity contribution in [3.63, 3.8) is 0 Å². The summed E-state index contributed by atoms with van der Waals surface area (Å²) in [5, 5.41) is 17.6. The molecule has 0 saturated heterocycles. The van der Waals surface area contributed by atoms with Crippen LogP contribution in [0.25, 0.3) is 0 Å². The van der Waals surface area contributed by atoms with Gasteiger partial charge in [-0.25, -0.2) is 9.59 Å². The number of rotatable bonds is 2. The zero-order valence-electron chi connectivity index (χ0n) is 12.5. The molecule has 0 bridgehead atoms. The largest absolute Gasteiger partial charge is 0.478 e. The molecular weight excluding hydrogens is 280 g/mol. The molecule has 0 fully saturated rings. The van der Waals surface area contributed by atoms with E-state index in [9.17, 15) is 9.59 Å². The second-order valence-corrected chi connectivity index (χ2v) is 6.14. The number of hydrogen-bond acceptors (Lipinski definition) is 2. The van der Waals surface area contributed by atoms with Gasteiger partial charge < -0.3 is 10.2 Å². The van der Waals surface area contributed by atoms with Crippen molar-refractivity contribution in [2.45, 2.75) is 51.4 Å². The Kier molecular flexibility index (Phi) is 4.01. The Labute approximate surface area is 129 Å². The summed E-state index contributed by atoms with van der Waals surface area (Å²) in [5.74, 6) is -1.98. The van der Waals surface area contributed by atoms with E-state index < -0.39 is 11.9 Å². The highest BCUT2D eigenvalue weighted by molar-refractivity contribution is 5.96. The lowest BCUT2D eigenvalue weighted by Crippen LogP contribution is -2.19. The first-order valence-electron chi connectivity index (χ1n) is 7.89. The molecule has 2 N–H and O–H groups in total. The Bertz CT molecular complexity index is 613. The molecule has 0 spiro atoms. The summed E-state index contributed by atoms with van der Waals surface area (Å²) in [4.78, 5) is 21.5. The van der Waals surface area contributed by atoms with Crippen molar-refractivity contribution in [1.29, 1.82) is 0 Å². The number of fused-ring (bicyclic) bond motifs is 1. The van der Waals surface area contributed by atoms with Crippen LogP contribution in [0, 0.1) is 0 Å². The van der Waals surface area contributed by atoms with Crippen LogP contribution in [0.4, 0.5) is 0 Å². The molecule has 116 valence electrons. The van der Waals surface area contributed by atoms with Crippen molar-refractivity contribution < 1.29 is 19.8 Å². The van der Waals surface area contributed by atoms with E-state index >= 15 is 0 Å². The number of carboxylic acids is 2. The molecule has 0 amide bonds. The van der Waals surface area contributed by atoms with E-state index in [0.717, 1.165) is 0 Å². The van der Waals surface area contributed by atoms with Gasteiger partial charge in [0.05, 0.1) is 11.1 Å². The summed E-state index contributed by atoms with van der Waals surface area (Å²) in [5.41, 5.74) is 5.45. The fourth-order valence-corrected chi connectivity index (χ4v) is 3.50. The van der Waals surface area contributed by atoms with Gasteiger partial charge >= 0.3 is 11.9 Å². The smallest absolute Gasteiger partial charge is 0.335 e. The van der Waals surface area contributed by atoms with Crippen LogP contribution in [0.5, 0.6) is 0 Å². The highest BCUT2D eigenvalue weighted by atomic mass is 16.4. The minimum absolute atomic E-state index is 0.233. The minimum atomic E-state index is -0.988. The molecule has 3 aliphatic rings. The number of carboxylic acid groups (broad SMARTS) is 2. The van der Waals surface area contributed by atoms with Gasteiger partial charge in [-0.2, -0.15) is 0 Å². The SMILES string of the molecule is C1CCC2=C(C1)CC2.O=C(O)c1ccc(C(=O)O)c2c1CC2. The highest BCUT2D eigenvalue weighted by Crippen LogP contribution is 2.38. The molecule has 1 aromatic carbocycles. The first kappa shape index (κ1) is 14.8. The molecule has 0 heterocycles. The fraction of sp³-hybridized carbons (Fsp3) is 0.444. The van der Waals surface area contributed by atoms with E-state index in [1.54, 1.807) is 0 Å². The summed E-state index contributed by atoms with van der Waals surface area (Å²) in [7, 11) is 0. The Hall–Kier alpha value is -2.10. The van der Waals surface area contributed by atoms with Crippen molar-refractivity contribution in [3.05, 3.63) is 45.5 Å². The third-order valence-electron chi connectivity index (χ3n) is 4.95. The second kappa shape index (κ2) is 5.95. The molecule has 0 atom stereocenters. The summed E-state index contributed by atoms with van der Waals surface area (Å²) in [6.45, 7) is 0. The zero-order valence-corrected chi connectivity index (χ0v) is 12.5. The van der Waals surface area contributed by atoms with Gasteiger partial charge in [-0.05, 0) is 74.6 Å². The number of benzene rings is 1. The first-order chi connectivity index (χ1) is 10.6. The maximum absolute atomic E-state index is 10.7. The molecule has 0 aliphatic heterocycles. The molecule has 1 aromatic rings. The Morgan fingerprint density at radius 3 is 1.32 bits per heavy atom. The quantitative estimate of drug-likeness (QED) is 0.814. The van der Waals surface area contributed by atoms with Crippen LogP contribution in [0.2, 0.25) is 0 Å². The number of carbonyl (C=O) groups is 2. The Morgan fingerprint density at radius 2 is 1.09 bits per heavy atom. The lowest BCUT2D eigenvalue weighted by molar-refractivity contribution is 0.0677. The summed E-state index contributed by atoms with van der Waals surface area (Å²) >= 11 is 0. The number of aromatic carboxylic acids is 2. The van der Waals surface area contributed by atoms with E-state index in [-0.39, 0.29) is 11.1 Å². The van der Waals surface area contributed by atoms with Crippen LogP contribution < -0.4 is 0 Å². The van der Waals surface area contributed by atoms with Gasteiger partial charge in [0.25, 0.3) is 0 Å². The summed E-state index contributed by atoms with van der Waals surface area (Å²) in [6, 6.07) is 2.73. The van der Waals surface area contributed by atoms with Crippen LogP contribution >= 0.6 is 0 Å². The van der Waals surface area contributed by atoms with Crippen molar-refractivity contribution in [1.82, 2.24) is 0 Å². The third-order valence-corrected chi connectivity index (χ3v) is 4.95. The van der Waals surface area contributed by atoms with Crippen LogP contribution in [-0.2, 0) is 12.8 Å². The predicted molar refractivity (Wildman–Crippen MR) is 82.5 cm³/mol. The average Bonchev–Trinajstić information content (AvgIpc) is 2.41. The standard InChI is InChI=1S/C10H8O4.C8H12/c11-9(12)7-3-4-8(10(13)14)6-2-1-5(6)7;1-2-4-8-6-5-7(8)3-1/h3-4H,1-2H2,(H,11,12)(H,13,14);1-6H2. The molecule has 0 unspecified atom stereocenters. The van der Waals surface area contributed by atoms with Crippen LogP contribution in [0.15, 0.2) is 23.3 Å². The van der Waals surface area contributed by atoms with E-state index in [2.05, 4.69) is 0 Å². The third kappa shape index (κ3) is 2.65. The van der Waals surface area contributed by atoms with Gasteiger partial charge in [0.2, 0.25) is 0 Å². The molecule has 0 saturated carbocycles. The normalized spacial score (nSPS) is 18.0. The summed E-state index contributed by atoms with van der Waals surface area (Å²) in [6.07, 6.45) is 10.0. The molecule has 4 rings (SSSR count). The number of allylic oxidation sites excluding steroid dienone is 2. The van der Waals surface area contributed by atoms with Crippen molar-refractivity contribution in [3.8, 4) is 0 Å². The van der Waals surface area contributed by atoms with Gasteiger partial charge in [0.15, 0.2) is 0 Å². The van der Waals surface area contributed by atoms with E-state index in [4.69, 9.17) is 10.2 Å². The first-order valence-corrected chi connectivity index (χ1v) is 7.89. The van der Waals surface area contributed by atoms with Crippen LogP contribution in [0.1, 0.15) is 70.4 Å². The zero-order chi connectivity index (χ0) is 15.7. The van der Waals surface area contributed by atoms with E-state index in [1.165, 1.54) is 50.7 Å². The maximum Gasteiger partial charge on any atom is 0.335 e. The highest BCUT2D eigenvalue weighted by Gasteiger charge is 2.26. The molecule has 0 radical (unpaired) electrons. The summed E-state index contributed by atoms with van der Waals surface area (Å²) < 4.78 is 0. The molecule has 3 aliphatic carbocycles. The Morgan fingerprint density at radius 1 is 0.682 bits per heavy atom. The second-order valence-electron chi connectivity index (χ2n) is 6.14. The molecule has 4 heteroatoms. The lowest BCUT2D eigenvalue weighted by atomic mass is 9.78. The van der Waals surface area contributed by atoms with E-state index in [1.807, 2.05) is 11.1 Å². The van der Waals surface area contributed by atoms with Gasteiger partial charge in [0, 0.05) is 0 Å². The number of hydrogen-bond donors (Lipinski definition) is 2. The van der Waals surface area contributed by atoms with Gasteiger partial charge in [-0.3, -0.25) is 0 Å². The molecule has 4 nitrogen and oxygen atoms in total. The van der Waals surface area contributed by atoms with Crippen molar-refractivity contribution in [2.75, 3.05) is 0 Å². The molecule has 0 aromatic heterocycles.